The van der Waals surface area contributed by atoms with Crippen LogP contribution in [0, 0.1) is 12.7 Å². The number of carbonyl (C=O) groups is 3. The molecule has 0 radical (unpaired) electrons. The van der Waals surface area contributed by atoms with E-state index in [0.29, 0.717) is 22.0 Å². The van der Waals surface area contributed by atoms with Crippen molar-refractivity contribution in [1.29, 1.82) is 0 Å². The van der Waals surface area contributed by atoms with Gasteiger partial charge in [-0.1, -0.05) is 41.9 Å². The normalized spacial score (nSPS) is 13.3. The standard InChI is InChI=1S/C28H21ClFN5O4/c1-16-23(28(39)35(33(16)2)19-8-4-3-5-9-19)32-25(36)17-12-14-18(15-13-17)31-24-22(29)26(37)34(27(24)38)21-11-7-6-10-20(21)30/h3-15,31H,1-2H3,(H,32,36). The zero-order chi connectivity index (χ0) is 27.8. The fraction of sp³-hybridized carbons (Fsp3) is 0.0714. The minimum atomic E-state index is -0.857. The Hall–Kier alpha value is -4.96. The van der Waals surface area contributed by atoms with E-state index in [2.05, 4.69) is 10.6 Å². The first-order valence-electron chi connectivity index (χ1n) is 11.7. The summed E-state index contributed by atoms with van der Waals surface area (Å²) < 4.78 is 17.3. The third-order valence-electron chi connectivity index (χ3n) is 6.33. The van der Waals surface area contributed by atoms with Crippen molar-refractivity contribution < 1.29 is 18.8 Å². The van der Waals surface area contributed by atoms with Gasteiger partial charge in [0.25, 0.3) is 23.3 Å². The van der Waals surface area contributed by atoms with Crippen LogP contribution >= 0.6 is 11.6 Å². The maximum absolute atomic E-state index is 14.2. The molecule has 0 saturated heterocycles. The zero-order valence-corrected chi connectivity index (χ0v) is 21.5. The number of hydrogen-bond acceptors (Lipinski definition) is 5. The maximum atomic E-state index is 14.2. The van der Waals surface area contributed by atoms with Crippen LogP contribution in [0.15, 0.2) is 94.4 Å². The largest absolute Gasteiger partial charge is 0.350 e. The van der Waals surface area contributed by atoms with Crippen molar-refractivity contribution in [3.63, 3.8) is 0 Å². The predicted molar refractivity (Wildman–Crippen MR) is 146 cm³/mol. The lowest BCUT2D eigenvalue weighted by molar-refractivity contribution is -0.120. The Labute approximate surface area is 226 Å². The first kappa shape index (κ1) is 25.7. The lowest BCUT2D eigenvalue weighted by Gasteiger charge is -2.15. The van der Waals surface area contributed by atoms with Gasteiger partial charge in [-0.2, -0.15) is 0 Å². The topological polar surface area (TPSA) is 105 Å². The second-order valence-corrected chi connectivity index (χ2v) is 9.06. The minimum Gasteiger partial charge on any atom is -0.350 e. The van der Waals surface area contributed by atoms with Crippen molar-refractivity contribution in [3.8, 4) is 5.69 Å². The predicted octanol–water partition coefficient (Wildman–Crippen LogP) is 4.31. The molecule has 1 aromatic heterocycles. The number of nitrogens with one attached hydrogen (secondary N) is 2. The first-order valence-corrected chi connectivity index (χ1v) is 12.1. The number of imide groups is 1. The van der Waals surface area contributed by atoms with E-state index in [0.717, 1.165) is 6.07 Å². The molecule has 3 amide bonds. The molecule has 0 fully saturated rings. The van der Waals surface area contributed by atoms with Crippen molar-refractivity contribution in [1.82, 2.24) is 9.36 Å². The molecule has 0 saturated carbocycles. The molecule has 2 N–H and O–H groups in total. The summed E-state index contributed by atoms with van der Waals surface area (Å²) in [5, 5.41) is 5.07. The Morgan fingerprint density at radius 3 is 2.18 bits per heavy atom. The average molecular weight is 546 g/mol. The van der Waals surface area contributed by atoms with Gasteiger partial charge in [-0.3, -0.25) is 23.9 Å². The van der Waals surface area contributed by atoms with Crippen LogP contribution in [-0.2, 0) is 16.6 Å². The van der Waals surface area contributed by atoms with Crippen LogP contribution in [0.3, 0.4) is 0 Å². The number of halogens is 2. The van der Waals surface area contributed by atoms with Crippen LogP contribution in [0.1, 0.15) is 16.1 Å². The molecule has 0 bridgehead atoms. The van der Waals surface area contributed by atoms with Gasteiger partial charge in [-0.05, 0) is 55.5 Å². The fourth-order valence-electron chi connectivity index (χ4n) is 4.21. The maximum Gasteiger partial charge on any atom is 0.295 e. The summed E-state index contributed by atoms with van der Waals surface area (Å²) in [5.74, 6) is -2.93. The van der Waals surface area contributed by atoms with Gasteiger partial charge in [-0.25, -0.2) is 14.0 Å². The number of aromatic nitrogens is 2. The number of hydrogen-bond donors (Lipinski definition) is 2. The van der Waals surface area contributed by atoms with Crippen molar-refractivity contribution in [2.75, 3.05) is 15.5 Å². The molecular weight excluding hydrogens is 525 g/mol. The van der Waals surface area contributed by atoms with Crippen LogP contribution < -0.4 is 21.1 Å². The molecule has 3 aromatic carbocycles. The second kappa shape index (κ2) is 10.1. The Kier molecular flexibility index (Phi) is 6.63. The van der Waals surface area contributed by atoms with Gasteiger partial charge in [0.15, 0.2) is 0 Å². The number of anilines is 3. The fourth-order valence-corrected chi connectivity index (χ4v) is 4.42. The molecule has 39 heavy (non-hydrogen) atoms. The summed E-state index contributed by atoms with van der Waals surface area (Å²) in [6.45, 7) is 1.73. The highest BCUT2D eigenvalue weighted by Crippen LogP contribution is 2.31. The Bertz CT molecular complexity index is 1730. The van der Waals surface area contributed by atoms with E-state index in [9.17, 15) is 23.6 Å². The number of benzene rings is 3. The lowest BCUT2D eigenvalue weighted by Crippen LogP contribution is -2.33. The molecule has 2 heterocycles. The van der Waals surface area contributed by atoms with Crippen molar-refractivity contribution >= 4 is 46.4 Å². The van der Waals surface area contributed by atoms with Crippen LogP contribution in [0.25, 0.3) is 5.69 Å². The van der Waals surface area contributed by atoms with Crippen LogP contribution in [-0.4, -0.2) is 27.1 Å². The molecule has 11 heteroatoms. The third kappa shape index (κ3) is 4.51. The van der Waals surface area contributed by atoms with Gasteiger partial charge in [-0.15, -0.1) is 0 Å². The number of nitrogens with zero attached hydrogens (tertiary/aromatic N) is 3. The minimum absolute atomic E-state index is 0.147. The molecule has 1 aliphatic rings. The molecular formula is C28H21ClFN5O4. The number of para-hydroxylation sites is 2. The molecule has 0 atom stereocenters. The van der Waals surface area contributed by atoms with E-state index in [4.69, 9.17) is 11.6 Å². The zero-order valence-electron chi connectivity index (χ0n) is 20.7. The van der Waals surface area contributed by atoms with Crippen molar-refractivity contribution in [2.45, 2.75) is 6.92 Å². The van der Waals surface area contributed by atoms with Gasteiger partial charge in [0.2, 0.25) is 0 Å². The van der Waals surface area contributed by atoms with Crippen molar-refractivity contribution in [3.05, 3.63) is 117 Å². The highest BCUT2D eigenvalue weighted by atomic mass is 35.5. The van der Waals surface area contributed by atoms with E-state index in [1.807, 2.05) is 18.2 Å². The smallest absolute Gasteiger partial charge is 0.295 e. The number of amides is 3. The Balaban J connectivity index is 1.33. The molecule has 9 nitrogen and oxygen atoms in total. The molecule has 0 aliphatic carbocycles. The number of rotatable bonds is 6. The molecule has 4 aromatic rings. The summed E-state index contributed by atoms with van der Waals surface area (Å²) in [7, 11) is 1.72. The molecule has 0 spiro atoms. The highest BCUT2D eigenvalue weighted by Gasteiger charge is 2.40. The summed E-state index contributed by atoms with van der Waals surface area (Å²) in [6.07, 6.45) is 0. The van der Waals surface area contributed by atoms with E-state index < -0.39 is 23.5 Å². The summed E-state index contributed by atoms with van der Waals surface area (Å²) in [5.41, 5.74) is 1.17. The monoisotopic (exact) mass is 545 g/mol. The molecule has 1 aliphatic heterocycles. The van der Waals surface area contributed by atoms with Crippen LogP contribution in [0.4, 0.5) is 21.5 Å². The van der Waals surface area contributed by atoms with E-state index in [1.54, 1.807) is 30.8 Å². The summed E-state index contributed by atoms with van der Waals surface area (Å²) in [6, 6.07) is 20.4. The Morgan fingerprint density at radius 1 is 0.872 bits per heavy atom. The highest BCUT2D eigenvalue weighted by molar-refractivity contribution is 6.53. The van der Waals surface area contributed by atoms with Crippen molar-refractivity contribution in [2.24, 2.45) is 7.05 Å². The van der Waals surface area contributed by atoms with Gasteiger partial charge >= 0.3 is 0 Å². The second-order valence-electron chi connectivity index (χ2n) is 8.68. The summed E-state index contributed by atoms with van der Waals surface area (Å²) >= 11 is 6.12. The van der Waals surface area contributed by atoms with Gasteiger partial charge < -0.3 is 10.6 Å². The van der Waals surface area contributed by atoms with Gasteiger partial charge in [0, 0.05) is 18.3 Å². The van der Waals surface area contributed by atoms with E-state index in [1.165, 1.54) is 47.1 Å². The molecule has 0 unspecified atom stereocenters. The van der Waals surface area contributed by atoms with Gasteiger partial charge in [0.1, 0.15) is 22.2 Å². The van der Waals surface area contributed by atoms with E-state index >= 15 is 0 Å². The molecule has 196 valence electrons. The molecule has 5 rings (SSSR count). The van der Waals surface area contributed by atoms with Gasteiger partial charge in [0.05, 0.1) is 17.1 Å². The quantitative estimate of drug-likeness (QED) is 0.351. The first-order chi connectivity index (χ1) is 18.7. The Morgan fingerprint density at radius 2 is 1.51 bits per heavy atom. The SMILES string of the molecule is Cc1c(NC(=O)c2ccc(NC3=C(Cl)C(=O)N(c4ccccc4F)C3=O)cc2)c(=O)n(-c2ccccc2)n1C. The lowest BCUT2D eigenvalue weighted by atomic mass is 10.2. The third-order valence-corrected chi connectivity index (χ3v) is 6.68. The van der Waals surface area contributed by atoms with Crippen LogP contribution in [0.5, 0.6) is 0 Å². The van der Waals surface area contributed by atoms with E-state index in [-0.39, 0.29) is 33.2 Å². The number of carbonyl (C=O) groups excluding carboxylic acids is 3. The van der Waals surface area contributed by atoms with Crippen LogP contribution in [0.2, 0.25) is 0 Å². The summed E-state index contributed by atoms with van der Waals surface area (Å²) in [4.78, 5) is 52.2. The average Bonchev–Trinajstić information content (AvgIpc) is 3.28.